The molecule has 1 aliphatic rings. The lowest BCUT2D eigenvalue weighted by Gasteiger charge is -2.14. The van der Waals surface area contributed by atoms with Gasteiger partial charge in [-0.2, -0.15) is 0 Å². The highest BCUT2D eigenvalue weighted by atomic mass is 79.9. The van der Waals surface area contributed by atoms with Gasteiger partial charge in [-0.15, -0.1) is 0 Å². The highest BCUT2D eigenvalue weighted by Crippen LogP contribution is 2.26. The minimum Gasteiger partial charge on any atom is -0.297 e. The third kappa shape index (κ3) is 2.00. The van der Waals surface area contributed by atoms with Gasteiger partial charge < -0.3 is 0 Å². The van der Waals surface area contributed by atoms with Crippen LogP contribution in [0.15, 0.2) is 10.8 Å². The van der Waals surface area contributed by atoms with E-state index in [4.69, 9.17) is 11.6 Å². The molecule has 0 spiro atoms. The first-order valence-electron chi connectivity index (χ1n) is 4.08. The Hall–Kier alpha value is -1.01. The van der Waals surface area contributed by atoms with Crippen LogP contribution in [0, 0.1) is 0 Å². The molecule has 0 aromatic carbocycles. The van der Waals surface area contributed by atoms with Crippen LogP contribution >= 0.6 is 27.5 Å². The topological polar surface area (TPSA) is 63.2 Å². The second kappa shape index (κ2) is 3.86. The van der Waals surface area contributed by atoms with Crippen LogP contribution in [-0.2, 0) is 9.59 Å². The lowest BCUT2D eigenvalue weighted by Crippen LogP contribution is -2.26. The van der Waals surface area contributed by atoms with Gasteiger partial charge >= 0.3 is 0 Å². The maximum Gasteiger partial charge on any atom is 0.236 e. The molecule has 78 valence electrons. The molecular weight excluding hydrogens is 285 g/mol. The van der Waals surface area contributed by atoms with Crippen molar-refractivity contribution in [2.75, 3.05) is 11.4 Å². The number of nitrogens with zero attached hydrogens (tertiary/aromatic N) is 3. The third-order valence-corrected chi connectivity index (χ3v) is 2.66. The Labute approximate surface area is 98.6 Å². The van der Waals surface area contributed by atoms with Crippen LogP contribution < -0.4 is 4.90 Å². The first-order valence-corrected chi connectivity index (χ1v) is 5.25. The second-order valence-corrected chi connectivity index (χ2v) is 4.14. The molecule has 0 saturated carbocycles. The molecule has 1 fully saturated rings. The quantitative estimate of drug-likeness (QED) is 0.729. The van der Waals surface area contributed by atoms with Crippen LogP contribution in [0.4, 0.5) is 5.82 Å². The summed E-state index contributed by atoms with van der Waals surface area (Å²) in [6.45, 7) is 0.0342. The third-order valence-electron chi connectivity index (χ3n) is 1.92. The number of rotatable bonds is 1. The molecule has 1 aromatic rings. The summed E-state index contributed by atoms with van der Waals surface area (Å²) in [7, 11) is 0. The number of hydrogen-bond donors (Lipinski definition) is 0. The van der Waals surface area contributed by atoms with E-state index in [-0.39, 0.29) is 29.8 Å². The standard InChI is InChI=1S/C8H5BrClN3O2/c9-7-8(12-5(10)2-11-7)13-3-4(14)1-6(13)15/h2H,1,3H2. The van der Waals surface area contributed by atoms with Gasteiger partial charge in [-0.1, -0.05) is 11.6 Å². The number of amides is 1. The zero-order valence-corrected chi connectivity index (χ0v) is 9.75. The van der Waals surface area contributed by atoms with Crippen LogP contribution in [0.1, 0.15) is 6.42 Å². The summed E-state index contributed by atoms with van der Waals surface area (Å²) < 4.78 is 0.398. The Morgan fingerprint density at radius 2 is 2.20 bits per heavy atom. The highest BCUT2D eigenvalue weighted by molar-refractivity contribution is 9.10. The second-order valence-electron chi connectivity index (χ2n) is 3.00. The van der Waals surface area contributed by atoms with Crippen LogP contribution in [0.3, 0.4) is 0 Å². The monoisotopic (exact) mass is 289 g/mol. The van der Waals surface area contributed by atoms with Crippen LogP contribution in [-0.4, -0.2) is 28.2 Å². The summed E-state index contributed by atoms with van der Waals surface area (Å²) in [5, 5.41) is 0.181. The van der Waals surface area contributed by atoms with Gasteiger partial charge in [0.15, 0.2) is 11.6 Å². The SMILES string of the molecule is O=C1CC(=O)N(c2nc(Cl)cnc2Br)C1. The fourth-order valence-corrected chi connectivity index (χ4v) is 1.83. The largest absolute Gasteiger partial charge is 0.297 e. The molecule has 1 aliphatic heterocycles. The fourth-order valence-electron chi connectivity index (χ4n) is 1.29. The molecule has 0 atom stereocenters. The number of carbonyl (C=O) groups excluding carboxylic acids is 2. The van der Waals surface area contributed by atoms with Gasteiger partial charge in [0.2, 0.25) is 5.91 Å². The minimum absolute atomic E-state index is 0.0342. The summed E-state index contributed by atoms with van der Waals surface area (Å²) in [6.07, 6.45) is 1.28. The Morgan fingerprint density at radius 3 is 2.80 bits per heavy atom. The van der Waals surface area contributed by atoms with E-state index in [9.17, 15) is 9.59 Å². The van der Waals surface area contributed by atoms with E-state index in [0.29, 0.717) is 10.4 Å². The van der Waals surface area contributed by atoms with Crippen molar-refractivity contribution in [2.24, 2.45) is 0 Å². The molecule has 5 nitrogen and oxygen atoms in total. The number of halogens is 2. The molecular formula is C8H5BrClN3O2. The summed E-state index contributed by atoms with van der Waals surface area (Å²) in [4.78, 5) is 31.6. The molecule has 2 rings (SSSR count). The average Bonchev–Trinajstić information content (AvgIpc) is 2.50. The van der Waals surface area contributed by atoms with E-state index in [1.54, 1.807) is 0 Å². The summed E-state index contributed by atoms with van der Waals surface area (Å²) in [5.41, 5.74) is 0. The number of anilines is 1. The first-order chi connectivity index (χ1) is 7.08. The zero-order chi connectivity index (χ0) is 11.0. The lowest BCUT2D eigenvalue weighted by molar-refractivity contribution is -0.121. The van der Waals surface area contributed by atoms with E-state index in [1.807, 2.05) is 0 Å². The Morgan fingerprint density at radius 1 is 1.47 bits per heavy atom. The van der Waals surface area contributed by atoms with Crippen LogP contribution in [0.25, 0.3) is 0 Å². The van der Waals surface area contributed by atoms with E-state index in [2.05, 4.69) is 25.9 Å². The molecule has 0 N–H and O–H groups in total. The molecule has 1 saturated heterocycles. The predicted molar refractivity (Wildman–Crippen MR) is 56.7 cm³/mol. The van der Waals surface area contributed by atoms with Crippen molar-refractivity contribution in [1.82, 2.24) is 9.97 Å². The number of Topliss-reactive ketones (excluding diaryl/α,β-unsaturated/α-hetero) is 1. The van der Waals surface area contributed by atoms with Crippen molar-refractivity contribution in [3.05, 3.63) is 16.0 Å². The first kappa shape index (κ1) is 10.5. The maximum atomic E-state index is 11.4. The van der Waals surface area contributed by atoms with Gasteiger partial charge in [-0.05, 0) is 15.9 Å². The molecule has 15 heavy (non-hydrogen) atoms. The van der Waals surface area contributed by atoms with Crippen molar-refractivity contribution < 1.29 is 9.59 Å². The summed E-state index contributed by atoms with van der Waals surface area (Å²) in [6, 6.07) is 0. The molecule has 0 aliphatic carbocycles. The lowest BCUT2D eigenvalue weighted by atomic mass is 10.3. The molecule has 7 heteroatoms. The molecule has 0 unspecified atom stereocenters. The van der Waals surface area contributed by atoms with E-state index in [0.717, 1.165) is 0 Å². The molecule has 0 bridgehead atoms. The molecule has 1 aromatic heterocycles. The predicted octanol–water partition coefficient (Wildman–Crippen LogP) is 1.20. The fraction of sp³-hybridized carbons (Fsp3) is 0.250. The van der Waals surface area contributed by atoms with E-state index in [1.165, 1.54) is 11.1 Å². The number of hydrogen-bond acceptors (Lipinski definition) is 4. The normalized spacial score (nSPS) is 16.3. The van der Waals surface area contributed by atoms with Gasteiger partial charge in [-0.3, -0.25) is 14.5 Å². The van der Waals surface area contributed by atoms with Crippen LogP contribution in [0.5, 0.6) is 0 Å². The Balaban J connectivity index is 2.41. The van der Waals surface area contributed by atoms with Crippen molar-refractivity contribution >= 4 is 45.0 Å². The number of ketones is 1. The maximum absolute atomic E-state index is 11.4. The van der Waals surface area contributed by atoms with Gasteiger partial charge in [0.1, 0.15) is 9.76 Å². The van der Waals surface area contributed by atoms with Gasteiger partial charge in [-0.25, -0.2) is 9.97 Å². The Kier molecular flexibility index (Phi) is 2.70. The zero-order valence-electron chi connectivity index (χ0n) is 7.41. The number of carbonyl (C=O) groups is 2. The molecule has 2 heterocycles. The highest BCUT2D eigenvalue weighted by Gasteiger charge is 2.31. The van der Waals surface area contributed by atoms with Gasteiger partial charge in [0.25, 0.3) is 0 Å². The molecule has 1 amide bonds. The van der Waals surface area contributed by atoms with Crippen molar-refractivity contribution in [2.45, 2.75) is 6.42 Å². The minimum atomic E-state index is -0.280. The van der Waals surface area contributed by atoms with Crippen molar-refractivity contribution in [3.63, 3.8) is 0 Å². The van der Waals surface area contributed by atoms with E-state index >= 15 is 0 Å². The smallest absolute Gasteiger partial charge is 0.236 e. The van der Waals surface area contributed by atoms with E-state index < -0.39 is 0 Å². The molecule has 0 radical (unpaired) electrons. The Bertz CT molecular complexity index is 452. The van der Waals surface area contributed by atoms with Crippen molar-refractivity contribution in [1.29, 1.82) is 0 Å². The van der Waals surface area contributed by atoms with Gasteiger partial charge in [0.05, 0.1) is 19.2 Å². The van der Waals surface area contributed by atoms with Gasteiger partial charge in [0, 0.05) is 0 Å². The van der Waals surface area contributed by atoms with Crippen molar-refractivity contribution in [3.8, 4) is 0 Å². The summed E-state index contributed by atoms with van der Waals surface area (Å²) >= 11 is 8.81. The average molecular weight is 291 g/mol. The van der Waals surface area contributed by atoms with Crippen LogP contribution in [0.2, 0.25) is 5.15 Å². The number of aromatic nitrogens is 2. The summed E-state index contributed by atoms with van der Waals surface area (Å²) in [5.74, 6) is -0.121.